The van der Waals surface area contributed by atoms with E-state index in [4.69, 9.17) is 4.74 Å². The summed E-state index contributed by atoms with van der Waals surface area (Å²) in [6.45, 7) is 2.53. The lowest BCUT2D eigenvalue weighted by Gasteiger charge is -2.03. The number of esters is 2. The molecule has 0 radical (unpaired) electrons. The quantitative estimate of drug-likeness (QED) is 0.566. The van der Waals surface area contributed by atoms with Crippen LogP contribution in [-0.4, -0.2) is 33.3 Å². The Labute approximate surface area is 127 Å². The molecule has 0 aromatic carbocycles. The predicted molar refractivity (Wildman–Crippen MR) is 76.6 cm³/mol. The summed E-state index contributed by atoms with van der Waals surface area (Å²) in [7, 11) is 0. The Hall–Kier alpha value is -2.70. The lowest BCUT2D eigenvalue weighted by Crippen LogP contribution is -2.13. The van der Waals surface area contributed by atoms with Crippen molar-refractivity contribution in [2.45, 2.75) is 26.5 Å². The van der Waals surface area contributed by atoms with Gasteiger partial charge in [0.25, 0.3) is 0 Å². The number of pyridine rings is 1. The number of aromatic nitrogens is 3. The van der Waals surface area contributed by atoms with Crippen LogP contribution in [0.25, 0.3) is 0 Å². The summed E-state index contributed by atoms with van der Waals surface area (Å²) >= 11 is 0. The van der Waals surface area contributed by atoms with Crippen LogP contribution in [0.3, 0.4) is 0 Å². The third-order valence-corrected chi connectivity index (χ3v) is 2.73. The number of hydrogen-bond donors (Lipinski definition) is 0. The van der Waals surface area contributed by atoms with Crippen LogP contribution in [0, 0.1) is 0 Å². The van der Waals surface area contributed by atoms with Crippen molar-refractivity contribution in [1.29, 1.82) is 0 Å². The van der Waals surface area contributed by atoms with Gasteiger partial charge in [-0.2, -0.15) is 5.10 Å². The van der Waals surface area contributed by atoms with Gasteiger partial charge in [-0.1, -0.05) is 6.07 Å². The van der Waals surface area contributed by atoms with Crippen LogP contribution < -0.4 is 0 Å². The van der Waals surface area contributed by atoms with Crippen molar-refractivity contribution in [2.24, 2.45) is 0 Å². The Balaban J connectivity index is 1.80. The monoisotopic (exact) mass is 303 g/mol. The van der Waals surface area contributed by atoms with Gasteiger partial charge in [0.2, 0.25) is 0 Å². The van der Waals surface area contributed by atoms with Gasteiger partial charge in [0.15, 0.2) is 0 Å². The molecule has 0 spiro atoms. The smallest absolute Gasteiger partial charge is 0.317 e. The first-order valence-corrected chi connectivity index (χ1v) is 6.90. The summed E-state index contributed by atoms with van der Waals surface area (Å²) in [4.78, 5) is 26.8. The molecule has 22 heavy (non-hydrogen) atoms. The fourth-order valence-corrected chi connectivity index (χ4v) is 1.77. The summed E-state index contributed by atoms with van der Waals surface area (Å²) < 4.78 is 11.4. The molecule has 2 aromatic heterocycles. The third-order valence-electron chi connectivity index (χ3n) is 2.73. The van der Waals surface area contributed by atoms with Crippen molar-refractivity contribution in [3.05, 3.63) is 48.0 Å². The summed E-state index contributed by atoms with van der Waals surface area (Å²) in [5, 5.41) is 4.17. The zero-order chi connectivity index (χ0) is 15.8. The minimum absolute atomic E-state index is 0.0699. The van der Waals surface area contributed by atoms with Crippen molar-refractivity contribution in [1.82, 2.24) is 14.8 Å². The fraction of sp³-hybridized carbons (Fsp3) is 0.333. The maximum atomic E-state index is 11.4. The van der Waals surface area contributed by atoms with Crippen LogP contribution >= 0.6 is 0 Å². The first-order chi connectivity index (χ1) is 10.7. The number of ether oxygens (including phenoxy) is 2. The van der Waals surface area contributed by atoms with E-state index in [1.54, 1.807) is 30.2 Å². The topological polar surface area (TPSA) is 83.3 Å². The zero-order valence-electron chi connectivity index (χ0n) is 12.3. The molecule has 116 valence electrons. The number of rotatable bonds is 7. The van der Waals surface area contributed by atoms with Gasteiger partial charge in [-0.25, -0.2) is 0 Å². The summed E-state index contributed by atoms with van der Waals surface area (Å²) in [5.41, 5.74) is 1.63. The Morgan fingerprint density at radius 2 is 2.05 bits per heavy atom. The lowest BCUT2D eigenvalue weighted by molar-refractivity contribution is -0.155. The molecule has 0 aliphatic heterocycles. The highest BCUT2D eigenvalue weighted by molar-refractivity contribution is 5.91. The van der Waals surface area contributed by atoms with Gasteiger partial charge in [0, 0.05) is 18.0 Å². The van der Waals surface area contributed by atoms with Gasteiger partial charge in [-0.3, -0.25) is 19.3 Å². The number of carbonyl (C=O) groups excluding carboxylic acids is 2. The van der Waals surface area contributed by atoms with E-state index >= 15 is 0 Å². The molecular formula is C15H17N3O4. The molecule has 0 saturated heterocycles. The number of carbonyl (C=O) groups is 2. The van der Waals surface area contributed by atoms with E-state index in [0.717, 1.165) is 11.3 Å². The largest absolute Gasteiger partial charge is 0.466 e. The van der Waals surface area contributed by atoms with E-state index in [1.807, 2.05) is 18.2 Å². The van der Waals surface area contributed by atoms with Gasteiger partial charge in [0.1, 0.15) is 13.0 Å². The highest BCUT2D eigenvalue weighted by Gasteiger charge is 2.12. The Morgan fingerprint density at radius 3 is 2.77 bits per heavy atom. The highest BCUT2D eigenvalue weighted by atomic mass is 16.6. The van der Waals surface area contributed by atoms with E-state index in [9.17, 15) is 9.59 Å². The van der Waals surface area contributed by atoms with Crippen molar-refractivity contribution < 1.29 is 19.1 Å². The molecule has 2 heterocycles. The molecule has 7 heteroatoms. The van der Waals surface area contributed by atoms with Crippen molar-refractivity contribution in [3.63, 3.8) is 0 Å². The fourth-order valence-electron chi connectivity index (χ4n) is 1.77. The van der Waals surface area contributed by atoms with Gasteiger partial charge >= 0.3 is 11.9 Å². The zero-order valence-corrected chi connectivity index (χ0v) is 12.3. The van der Waals surface area contributed by atoms with Crippen LogP contribution in [0.5, 0.6) is 0 Å². The molecule has 0 amide bonds. The molecule has 7 nitrogen and oxygen atoms in total. The molecule has 0 atom stereocenters. The second kappa shape index (κ2) is 7.92. The molecule has 0 fully saturated rings. The SMILES string of the molecule is CCOC(=O)CC(=O)OCc1cnn(Cc2ccccn2)c1. The lowest BCUT2D eigenvalue weighted by atomic mass is 10.3. The summed E-state index contributed by atoms with van der Waals surface area (Å²) in [6, 6.07) is 5.66. The van der Waals surface area contributed by atoms with Gasteiger partial charge in [-0.05, 0) is 19.1 Å². The highest BCUT2D eigenvalue weighted by Crippen LogP contribution is 2.04. The van der Waals surface area contributed by atoms with Crippen molar-refractivity contribution in [2.75, 3.05) is 6.61 Å². The van der Waals surface area contributed by atoms with E-state index in [-0.39, 0.29) is 19.6 Å². The molecule has 0 aliphatic carbocycles. The molecule has 0 N–H and O–H groups in total. The first-order valence-electron chi connectivity index (χ1n) is 6.90. The van der Waals surface area contributed by atoms with Crippen LogP contribution in [0.1, 0.15) is 24.6 Å². The van der Waals surface area contributed by atoms with E-state index < -0.39 is 11.9 Å². The summed E-state index contributed by atoms with van der Waals surface area (Å²) in [6.07, 6.45) is 4.72. The van der Waals surface area contributed by atoms with Gasteiger partial charge in [-0.15, -0.1) is 0 Å². The molecule has 0 aliphatic rings. The number of nitrogens with zero attached hydrogens (tertiary/aromatic N) is 3. The van der Waals surface area contributed by atoms with Gasteiger partial charge in [0.05, 0.1) is 25.0 Å². The van der Waals surface area contributed by atoms with E-state index in [0.29, 0.717) is 6.54 Å². The number of hydrogen-bond acceptors (Lipinski definition) is 6. The van der Waals surface area contributed by atoms with Crippen LogP contribution in [0.2, 0.25) is 0 Å². The molecule has 2 rings (SSSR count). The molecular weight excluding hydrogens is 286 g/mol. The Bertz CT molecular complexity index is 625. The minimum atomic E-state index is -0.615. The Kier molecular flexibility index (Phi) is 5.65. The molecule has 0 saturated carbocycles. The molecule has 2 aromatic rings. The van der Waals surface area contributed by atoms with Crippen LogP contribution in [-0.2, 0) is 32.2 Å². The van der Waals surface area contributed by atoms with Gasteiger partial charge < -0.3 is 9.47 Å². The van der Waals surface area contributed by atoms with E-state index in [2.05, 4.69) is 14.8 Å². The second-order valence-electron chi connectivity index (χ2n) is 4.51. The molecule has 0 bridgehead atoms. The molecule has 0 unspecified atom stereocenters. The average molecular weight is 303 g/mol. The third kappa shape index (κ3) is 5.01. The van der Waals surface area contributed by atoms with Crippen molar-refractivity contribution in [3.8, 4) is 0 Å². The first kappa shape index (κ1) is 15.7. The predicted octanol–water partition coefficient (Wildman–Crippen LogP) is 1.32. The average Bonchev–Trinajstić information content (AvgIpc) is 2.94. The van der Waals surface area contributed by atoms with Crippen molar-refractivity contribution >= 4 is 11.9 Å². The maximum Gasteiger partial charge on any atom is 0.317 e. The summed E-state index contributed by atoms with van der Waals surface area (Å²) in [5.74, 6) is -1.20. The van der Waals surface area contributed by atoms with E-state index in [1.165, 1.54) is 0 Å². The maximum absolute atomic E-state index is 11.4. The minimum Gasteiger partial charge on any atom is -0.466 e. The Morgan fingerprint density at radius 1 is 1.23 bits per heavy atom. The van der Waals surface area contributed by atoms with Crippen LogP contribution in [0.4, 0.5) is 0 Å². The normalized spacial score (nSPS) is 10.2. The second-order valence-corrected chi connectivity index (χ2v) is 4.51. The van der Waals surface area contributed by atoms with Crippen LogP contribution in [0.15, 0.2) is 36.8 Å². The standard InChI is InChI=1S/C15H17N3O4/c1-2-21-14(19)7-15(20)22-11-12-8-17-18(9-12)10-13-5-3-4-6-16-13/h3-6,8-9H,2,7,10-11H2,1H3.